The second-order valence-corrected chi connectivity index (χ2v) is 4.23. The van der Waals surface area contributed by atoms with Gasteiger partial charge in [-0.15, -0.1) is 11.3 Å². The van der Waals surface area contributed by atoms with Gasteiger partial charge in [0.05, 0.1) is 21.3 Å². The zero-order chi connectivity index (χ0) is 10.8. The molecule has 0 aliphatic carbocycles. The first-order valence-corrected chi connectivity index (χ1v) is 5.20. The second-order valence-electron chi connectivity index (χ2n) is 3.02. The average molecular weight is 216 g/mol. The summed E-state index contributed by atoms with van der Waals surface area (Å²) in [5, 5.41) is 9.70. The van der Waals surface area contributed by atoms with Crippen molar-refractivity contribution in [3.63, 3.8) is 0 Å². The topological polar surface area (TPSA) is 62.5 Å². The summed E-state index contributed by atoms with van der Waals surface area (Å²) in [5.74, 6) is 0.193. The molecule has 0 aromatic carbocycles. The highest BCUT2D eigenvalue weighted by Crippen LogP contribution is 2.27. The Hall–Kier alpha value is -1.80. The second kappa shape index (κ2) is 3.75. The van der Waals surface area contributed by atoms with E-state index in [4.69, 9.17) is 5.26 Å². The van der Waals surface area contributed by atoms with Crippen LogP contribution >= 0.6 is 11.3 Å². The summed E-state index contributed by atoms with van der Waals surface area (Å²) in [4.78, 5) is 13.3. The van der Waals surface area contributed by atoms with Crippen LogP contribution in [0.25, 0.3) is 10.6 Å². The van der Waals surface area contributed by atoms with Crippen molar-refractivity contribution in [2.45, 2.75) is 13.8 Å². The molecule has 0 unspecified atom stereocenters. The van der Waals surface area contributed by atoms with E-state index in [1.54, 1.807) is 23.6 Å². The van der Waals surface area contributed by atoms with Gasteiger partial charge in [-0.1, -0.05) is 0 Å². The maximum absolute atomic E-state index is 8.70. The van der Waals surface area contributed by atoms with Gasteiger partial charge in [0.15, 0.2) is 0 Å². The molecule has 15 heavy (non-hydrogen) atoms. The summed E-state index contributed by atoms with van der Waals surface area (Å²) in [6, 6.07) is 3.72. The summed E-state index contributed by atoms with van der Waals surface area (Å²) in [7, 11) is 0. The standard InChI is InChI=1S/C10H8N4S/c1-6-10(15-7(2)13-6)8-3-4-12-9(5-11)14-8/h3-4H,1-2H3. The Balaban J connectivity index is 2.55. The molecule has 0 spiro atoms. The number of rotatable bonds is 1. The van der Waals surface area contributed by atoms with Crippen LogP contribution < -0.4 is 0 Å². The summed E-state index contributed by atoms with van der Waals surface area (Å²) >= 11 is 1.58. The minimum atomic E-state index is 0.193. The Bertz CT molecular complexity index is 539. The van der Waals surface area contributed by atoms with E-state index in [2.05, 4.69) is 15.0 Å². The van der Waals surface area contributed by atoms with Gasteiger partial charge in [0.2, 0.25) is 5.82 Å². The molecule has 0 N–H and O–H groups in total. The van der Waals surface area contributed by atoms with Gasteiger partial charge >= 0.3 is 0 Å². The molecule has 74 valence electrons. The van der Waals surface area contributed by atoms with Gasteiger partial charge < -0.3 is 0 Å². The molecule has 2 heterocycles. The van der Waals surface area contributed by atoms with Gasteiger partial charge in [-0.05, 0) is 19.9 Å². The van der Waals surface area contributed by atoms with Crippen molar-refractivity contribution >= 4 is 11.3 Å². The Morgan fingerprint density at radius 3 is 2.73 bits per heavy atom. The van der Waals surface area contributed by atoms with Crippen molar-refractivity contribution in [2.24, 2.45) is 0 Å². The number of hydrogen-bond acceptors (Lipinski definition) is 5. The van der Waals surface area contributed by atoms with Crippen molar-refractivity contribution in [2.75, 3.05) is 0 Å². The lowest BCUT2D eigenvalue weighted by molar-refractivity contribution is 1.11. The molecule has 5 heteroatoms. The molecule has 2 aromatic rings. The average Bonchev–Trinajstić information content (AvgIpc) is 2.58. The summed E-state index contributed by atoms with van der Waals surface area (Å²) in [6.07, 6.45) is 1.59. The van der Waals surface area contributed by atoms with Gasteiger partial charge in [0.25, 0.3) is 0 Å². The first-order valence-electron chi connectivity index (χ1n) is 4.38. The van der Waals surface area contributed by atoms with Crippen LogP contribution in [0.2, 0.25) is 0 Å². The smallest absolute Gasteiger partial charge is 0.232 e. The van der Waals surface area contributed by atoms with Crippen LogP contribution in [0.5, 0.6) is 0 Å². The van der Waals surface area contributed by atoms with Crippen LogP contribution in [0.3, 0.4) is 0 Å². The van der Waals surface area contributed by atoms with E-state index in [-0.39, 0.29) is 5.82 Å². The van der Waals surface area contributed by atoms with Gasteiger partial charge in [-0.3, -0.25) is 0 Å². The van der Waals surface area contributed by atoms with Crippen molar-refractivity contribution < 1.29 is 0 Å². The number of hydrogen-bond donors (Lipinski definition) is 0. The molecular weight excluding hydrogens is 208 g/mol. The predicted octanol–water partition coefficient (Wildman–Crippen LogP) is 2.09. The fourth-order valence-electron chi connectivity index (χ4n) is 1.31. The SMILES string of the molecule is Cc1nc(C)c(-c2ccnc(C#N)n2)s1. The molecule has 0 amide bonds. The number of aryl methyl sites for hydroxylation is 2. The van der Waals surface area contributed by atoms with E-state index in [0.29, 0.717) is 0 Å². The van der Waals surface area contributed by atoms with Crippen LogP contribution in [0.4, 0.5) is 0 Å². The monoisotopic (exact) mass is 216 g/mol. The fraction of sp³-hybridized carbons (Fsp3) is 0.200. The molecule has 4 nitrogen and oxygen atoms in total. The number of nitrogens with zero attached hydrogens (tertiary/aromatic N) is 4. The third-order valence-corrected chi connectivity index (χ3v) is 2.99. The van der Waals surface area contributed by atoms with Gasteiger partial charge in [0, 0.05) is 6.20 Å². The minimum absolute atomic E-state index is 0.193. The van der Waals surface area contributed by atoms with Crippen LogP contribution in [0.15, 0.2) is 12.3 Å². The van der Waals surface area contributed by atoms with Crippen molar-refractivity contribution in [3.05, 3.63) is 28.8 Å². The summed E-state index contributed by atoms with van der Waals surface area (Å²) in [5.41, 5.74) is 1.71. The van der Waals surface area contributed by atoms with Crippen LogP contribution in [-0.2, 0) is 0 Å². The molecular formula is C10H8N4S. The molecule has 2 rings (SSSR count). The quantitative estimate of drug-likeness (QED) is 0.732. The van der Waals surface area contributed by atoms with Crippen LogP contribution in [0, 0.1) is 25.2 Å². The van der Waals surface area contributed by atoms with E-state index in [1.165, 1.54) is 0 Å². The van der Waals surface area contributed by atoms with E-state index >= 15 is 0 Å². The minimum Gasteiger partial charge on any atom is -0.246 e. The fourth-order valence-corrected chi connectivity index (χ4v) is 2.20. The van der Waals surface area contributed by atoms with Crippen molar-refractivity contribution in [3.8, 4) is 16.6 Å². The molecule has 0 aliphatic heterocycles. The molecule has 0 fully saturated rings. The highest BCUT2D eigenvalue weighted by molar-refractivity contribution is 7.15. The highest BCUT2D eigenvalue weighted by Gasteiger charge is 2.09. The zero-order valence-electron chi connectivity index (χ0n) is 8.35. The van der Waals surface area contributed by atoms with E-state index in [0.717, 1.165) is 21.3 Å². The van der Waals surface area contributed by atoms with Crippen LogP contribution in [0.1, 0.15) is 16.5 Å². The summed E-state index contributed by atoms with van der Waals surface area (Å²) < 4.78 is 0. The summed E-state index contributed by atoms with van der Waals surface area (Å²) in [6.45, 7) is 3.89. The predicted molar refractivity (Wildman–Crippen MR) is 57.3 cm³/mol. The van der Waals surface area contributed by atoms with Gasteiger partial charge in [0.1, 0.15) is 6.07 Å². The lowest BCUT2D eigenvalue weighted by Gasteiger charge is -1.96. The van der Waals surface area contributed by atoms with E-state index < -0.39 is 0 Å². The third-order valence-electron chi connectivity index (χ3n) is 1.89. The Kier molecular flexibility index (Phi) is 2.44. The molecule has 2 aromatic heterocycles. The first kappa shape index (κ1) is 9.74. The number of thiazole rings is 1. The number of nitriles is 1. The van der Waals surface area contributed by atoms with Crippen molar-refractivity contribution in [1.82, 2.24) is 15.0 Å². The van der Waals surface area contributed by atoms with E-state index in [9.17, 15) is 0 Å². The normalized spacial score (nSPS) is 9.93. The largest absolute Gasteiger partial charge is 0.246 e. The van der Waals surface area contributed by atoms with E-state index in [1.807, 2.05) is 19.9 Å². The Morgan fingerprint density at radius 2 is 2.13 bits per heavy atom. The molecule has 0 saturated heterocycles. The molecule has 0 aliphatic rings. The zero-order valence-corrected chi connectivity index (χ0v) is 9.17. The van der Waals surface area contributed by atoms with Crippen LogP contribution in [-0.4, -0.2) is 15.0 Å². The third kappa shape index (κ3) is 1.85. The number of aromatic nitrogens is 3. The maximum atomic E-state index is 8.70. The Morgan fingerprint density at radius 1 is 1.33 bits per heavy atom. The first-order chi connectivity index (χ1) is 7.20. The lowest BCUT2D eigenvalue weighted by atomic mass is 10.3. The lowest BCUT2D eigenvalue weighted by Crippen LogP contribution is -1.90. The van der Waals surface area contributed by atoms with Gasteiger partial charge in [-0.25, -0.2) is 15.0 Å². The molecule has 0 bridgehead atoms. The van der Waals surface area contributed by atoms with Gasteiger partial charge in [-0.2, -0.15) is 5.26 Å². The molecule has 0 radical (unpaired) electrons. The molecule has 0 atom stereocenters. The molecule has 0 saturated carbocycles. The van der Waals surface area contributed by atoms with Crippen molar-refractivity contribution in [1.29, 1.82) is 5.26 Å². The highest BCUT2D eigenvalue weighted by atomic mass is 32.1. The maximum Gasteiger partial charge on any atom is 0.232 e. The Labute approximate surface area is 91.3 Å².